The Kier molecular flexibility index (Phi) is 3.41. The average molecular weight is 223 g/mol. The lowest BCUT2D eigenvalue weighted by atomic mass is 10.2. The van der Waals surface area contributed by atoms with Crippen molar-refractivity contribution < 1.29 is 13.9 Å². The van der Waals surface area contributed by atoms with E-state index in [1.54, 1.807) is 12.1 Å². The summed E-state index contributed by atoms with van der Waals surface area (Å²) in [6, 6.07) is 3.73. The second-order valence-corrected chi connectivity index (χ2v) is 4.32. The van der Waals surface area contributed by atoms with Crippen molar-refractivity contribution in [2.24, 2.45) is 0 Å². The molecule has 0 N–H and O–H groups in total. The molecule has 2 rings (SSSR count). The van der Waals surface area contributed by atoms with Gasteiger partial charge in [-0.1, -0.05) is 0 Å². The van der Waals surface area contributed by atoms with Gasteiger partial charge >= 0.3 is 0 Å². The Morgan fingerprint density at radius 3 is 3.06 bits per heavy atom. The number of hydrogen-bond donors (Lipinski definition) is 0. The molecule has 1 aromatic rings. The van der Waals surface area contributed by atoms with E-state index in [0.717, 1.165) is 6.54 Å². The average Bonchev–Trinajstić information content (AvgIpc) is 2.76. The molecule has 16 heavy (non-hydrogen) atoms. The zero-order chi connectivity index (χ0) is 11.5. The third-order valence-corrected chi connectivity index (χ3v) is 2.88. The first-order valence-electron chi connectivity index (χ1n) is 5.59. The fraction of sp³-hybridized carbons (Fsp3) is 0.583. The minimum Gasteiger partial charge on any atom is -0.461 e. The van der Waals surface area contributed by atoms with Gasteiger partial charge in [-0.3, -0.25) is 9.69 Å². The van der Waals surface area contributed by atoms with Gasteiger partial charge in [-0.2, -0.15) is 0 Å². The highest BCUT2D eigenvalue weighted by Crippen LogP contribution is 2.12. The summed E-state index contributed by atoms with van der Waals surface area (Å²) >= 11 is 0. The van der Waals surface area contributed by atoms with Gasteiger partial charge in [0.1, 0.15) is 0 Å². The molecule has 4 heteroatoms. The van der Waals surface area contributed by atoms with Crippen LogP contribution in [0, 0.1) is 0 Å². The fourth-order valence-electron chi connectivity index (χ4n) is 1.89. The number of morpholine rings is 1. The highest BCUT2D eigenvalue weighted by atomic mass is 16.5. The topological polar surface area (TPSA) is 42.7 Å². The lowest BCUT2D eigenvalue weighted by Crippen LogP contribution is -2.49. The summed E-state index contributed by atoms with van der Waals surface area (Å²) in [7, 11) is 0. The van der Waals surface area contributed by atoms with Crippen LogP contribution in [0.25, 0.3) is 0 Å². The Morgan fingerprint density at radius 2 is 2.38 bits per heavy atom. The Bertz CT molecular complexity index is 347. The van der Waals surface area contributed by atoms with Crippen LogP contribution < -0.4 is 0 Å². The van der Waals surface area contributed by atoms with E-state index in [1.165, 1.54) is 6.26 Å². The molecular weight excluding hydrogens is 206 g/mol. The smallest absolute Gasteiger partial charge is 0.211 e. The van der Waals surface area contributed by atoms with Crippen LogP contribution in [0.5, 0.6) is 0 Å². The number of ether oxygens (including phenoxy) is 1. The summed E-state index contributed by atoms with van der Waals surface area (Å²) in [5, 5.41) is 0. The number of Topliss-reactive ketones (excluding diaryl/α,β-unsaturated/α-hetero) is 1. The van der Waals surface area contributed by atoms with Crippen LogP contribution in [0.3, 0.4) is 0 Å². The van der Waals surface area contributed by atoms with Gasteiger partial charge in [0.05, 0.1) is 25.5 Å². The summed E-state index contributed by atoms with van der Waals surface area (Å²) in [6.45, 7) is 5.99. The molecule has 0 aliphatic carbocycles. The van der Waals surface area contributed by atoms with E-state index < -0.39 is 0 Å². The summed E-state index contributed by atoms with van der Waals surface area (Å²) in [4.78, 5) is 14.0. The summed E-state index contributed by atoms with van der Waals surface area (Å²) < 4.78 is 10.6. The van der Waals surface area contributed by atoms with Crippen LogP contribution in [-0.2, 0) is 4.74 Å². The molecule has 2 atom stereocenters. The highest BCUT2D eigenvalue weighted by Gasteiger charge is 2.25. The fourth-order valence-corrected chi connectivity index (χ4v) is 1.89. The molecule has 0 saturated carbocycles. The molecule has 2 heterocycles. The third kappa shape index (κ3) is 2.51. The molecule has 4 nitrogen and oxygen atoms in total. The minimum atomic E-state index is 0.0333. The van der Waals surface area contributed by atoms with Gasteiger partial charge in [0.25, 0.3) is 0 Å². The maximum Gasteiger partial charge on any atom is 0.211 e. The summed E-state index contributed by atoms with van der Waals surface area (Å²) in [5.74, 6) is 0.470. The van der Waals surface area contributed by atoms with Gasteiger partial charge in [0, 0.05) is 12.6 Å². The second-order valence-electron chi connectivity index (χ2n) is 4.32. The molecule has 1 fully saturated rings. The van der Waals surface area contributed by atoms with Crippen LogP contribution >= 0.6 is 0 Å². The van der Waals surface area contributed by atoms with E-state index in [0.29, 0.717) is 18.9 Å². The van der Waals surface area contributed by atoms with Crippen molar-refractivity contribution in [1.29, 1.82) is 0 Å². The third-order valence-electron chi connectivity index (χ3n) is 2.88. The van der Waals surface area contributed by atoms with Crippen molar-refractivity contribution in [1.82, 2.24) is 4.90 Å². The summed E-state index contributed by atoms with van der Waals surface area (Å²) in [5.41, 5.74) is 0. The van der Waals surface area contributed by atoms with Crippen LogP contribution in [0.1, 0.15) is 24.4 Å². The van der Waals surface area contributed by atoms with Gasteiger partial charge < -0.3 is 9.15 Å². The number of ketones is 1. The van der Waals surface area contributed by atoms with E-state index in [4.69, 9.17) is 9.15 Å². The molecule has 2 unspecified atom stereocenters. The van der Waals surface area contributed by atoms with Crippen LogP contribution in [0.15, 0.2) is 22.8 Å². The minimum absolute atomic E-state index is 0.0333. The first-order chi connectivity index (χ1) is 7.66. The first kappa shape index (κ1) is 11.4. The van der Waals surface area contributed by atoms with Crippen LogP contribution in [0.4, 0.5) is 0 Å². The first-order valence-corrected chi connectivity index (χ1v) is 5.59. The van der Waals surface area contributed by atoms with E-state index in [2.05, 4.69) is 11.8 Å². The number of nitrogens with zero attached hydrogens (tertiary/aromatic N) is 1. The van der Waals surface area contributed by atoms with Crippen LogP contribution in [0.2, 0.25) is 0 Å². The number of rotatable bonds is 3. The Hall–Kier alpha value is -1.13. The standard InChI is InChI=1S/C12H17NO3/c1-9-8-16-10(2)6-13(9)7-11(14)12-4-3-5-15-12/h3-5,9-10H,6-8H2,1-2H3. The van der Waals surface area contributed by atoms with Crippen molar-refractivity contribution >= 4 is 5.78 Å². The predicted octanol–water partition coefficient (Wildman–Crippen LogP) is 1.57. The van der Waals surface area contributed by atoms with Crippen molar-refractivity contribution in [2.45, 2.75) is 26.0 Å². The molecule has 0 amide bonds. The Labute approximate surface area is 95.2 Å². The quantitative estimate of drug-likeness (QED) is 0.729. The zero-order valence-corrected chi connectivity index (χ0v) is 9.68. The number of furan rings is 1. The SMILES string of the molecule is CC1CN(CC(=O)c2ccco2)C(C)CO1. The van der Waals surface area contributed by atoms with Gasteiger partial charge in [-0.05, 0) is 26.0 Å². The van der Waals surface area contributed by atoms with E-state index in [1.807, 2.05) is 6.92 Å². The van der Waals surface area contributed by atoms with Crippen molar-refractivity contribution in [3.63, 3.8) is 0 Å². The highest BCUT2D eigenvalue weighted by molar-refractivity contribution is 5.95. The van der Waals surface area contributed by atoms with E-state index in [9.17, 15) is 4.79 Å². The molecule has 1 aliphatic heterocycles. The van der Waals surface area contributed by atoms with E-state index in [-0.39, 0.29) is 17.9 Å². The Balaban J connectivity index is 1.95. The second kappa shape index (κ2) is 4.80. The molecule has 0 bridgehead atoms. The molecule has 0 spiro atoms. The van der Waals surface area contributed by atoms with Gasteiger partial charge in [0.2, 0.25) is 5.78 Å². The zero-order valence-electron chi connectivity index (χ0n) is 9.68. The Morgan fingerprint density at radius 1 is 1.56 bits per heavy atom. The van der Waals surface area contributed by atoms with Gasteiger partial charge in [-0.15, -0.1) is 0 Å². The predicted molar refractivity (Wildman–Crippen MR) is 59.5 cm³/mol. The summed E-state index contributed by atoms with van der Waals surface area (Å²) in [6.07, 6.45) is 1.72. The van der Waals surface area contributed by atoms with Crippen molar-refractivity contribution in [3.05, 3.63) is 24.2 Å². The molecule has 1 saturated heterocycles. The van der Waals surface area contributed by atoms with Crippen molar-refractivity contribution in [3.8, 4) is 0 Å². The number of carbonyl (C=O) groups excluding carboxylic acids is 1. The van der Waals surface area contributed by atoms with E-state index >= 15 is 0 Å². The maximum atomic E-state index is 11.8. The largest absolute Gasteiger partial charge is 0.461 e. The molecule has 0 aromatic carbocycles. The number of carbonyl (C=O) groups is 1. The van der Waals surface area contributed by atoms with Gasteiger partial charge in [0.15, 0.2) is 5.76 Å². The van der Waals surface area contributed by atoms with Crippen LogP contribution in [-0.4, -0.2) is 42.5 Å². The molecule has 1 aliphatic rings. The van der Waals surface area contributed by atoms with Gasteiger partial charge in [-0.25, -0.2) is 0 Å². The maximum absolute atomic E-state index is 11.8. The molecule has 88 valence electrons. The number of hydrogen-bond acceptors (Lipinski definition) is 4. The van der Waals surface area contributed by atoms with Crippen molar-refractivity contribution in [2.75, 3.05) is 19.7 Å². The molecule has 1 aromatic heterocycles. The lowest BCUT2D eigenvalue weighted by Gasteiger charge is -2.36. The monoisotopic (exact) mass is 223 g/mol. The molecular formula is C12H17NO3. The molecule has 0 radical (unpaired) electrons. The normalized spacial score (nSPS) is 26.9. The lowest BCUT2D eigenvalue weighted by molar-refractivity contribution is -0.0461.